The highest BCUT2D eigenvalue weighted by Crippen LogP contribution is 2.59. The number of pyridine rings is 1. The number of carbonyl (C=O) groups is 1. The van der Waals surface area contributed by atoms with Gasteiger partial charge in [0.15, 0.2) is 0 Å². The SMILES string of the molecule is O=C(O)c1ccc(Cc2ccc(N3CC4C(C3)C4(F)F)nc2CO)s1. The molecule has 25 heavy (non-hydrogen) atoms. The number of piperidine rings is 1. The Morgan fingerprint density at radius 1 is 1.28 bits per heavy atom. The lowest BCUT2D eigenvalue weighted by atomic mass is 10.1. The molecule has 0 radical (unpaired) electrons. The van der Waals surface area contributed by atoms with Crippen molar-refractivity contribution in [3.05, 3.63) is 45.3 Å². The summed E-state index contributed by atoms with van der Waals surface area (Å²) in [7, 11) is 0. The van der Waals surface area contributed by atoms with Crippen molar-refractivity contribution in [2.24, 2.45) is 11.8 Å². The van der Waals surface area contributed by atoms with Gasteiger partial charge in [-0.1, -0.05) is 6.07 Å². The highest BCUT2D eigenvalue weighted by Gasteiger charge is 2.71. The molecule has 1 aliphatic heterocycles. The minimum atomic E-state index is -2.53. The molecule has 5 nitrogen and oxygen atoms in total. The van der Waals surface area contributed by atoms with Gasteiger partial charge < -0.3 is 15.1 Å². The lowest BCUT2D eigenvalue weighted by Gasteiger charge is -2.22. The van der Waals surface area contributed by atoms with Crippen LogP contribution in [0.3, 0.4) is 0 Å². The van der Waals surface area contributed by atoms with Crippen LogP contribution in [0.15, 0.2) is 24.3 Å². The summed E-state index contributed by atoms with van der Waals surface area (Å²) < 4.78 is 26.6. The summed E-state index contributed by atoms with van der Waals surface area (Å²) in [5.74, 6) is -4.04. The van der Waals surface area contributed by atoms with Gasteiger partial charge in [0.1, 0.15) is 10.7 Å². The van der Waals surface area contributed by atoms with Crippen molar-refractivity contribution in [3.63, 3.8) is 0 Å². The van der Waals surface area contributed by atoms with E-state index in [4.69, 9.17) is 5.11 Å². The number of aromatic carboxylic acids is 1. The number of alkyl halides is 2. The summed E-state index contributed by atoms with van der Waals surface area (Å²) in [5, 5.41) is 18.6. The molecule has 0 aromatic carbocycles. The minimum Gasteiger partial charge on any atom is -0.477 e. The summed E-state index contributed by atoms with van der Waals surface area (Å²) in [6.07, 6.45) is 0.477. The van der Waals surface area contributed by atoms with Gasteiger partial charge in [0.2, 0.25) is 0 Å². The largest absolute Gasteiger partial charge is 0.477 e. The first-order valence-corrected chi connectivity index (χ1v) is 8.76. The fourth-order valence-electron chi connectivity index (χ4n) is 3.46. The highest BCUT2D eigenvalue weighted by atomic mass is 32.1. The zero-order chi connectivity index (χ0) is 17.8. The fraction of sp³-hybridized carbons (Fsp3) is 0.412. The van der Waals surface area contributed by atoms with E-state index < -0.39 is 23.7 Å². The number of carboxylic acid groups (broad SMARTS) is 1. The minimum absolute atomic E-state index is 0.253. The second-order valence-electron chi connectivity index (χ2n) is 6.47. The molecule has 1 aliphatic carbocycles. The molecular formula is C17H16F2N2O3S. The Hall–Kier alpha value is -2.06. The fourth-order valence-corrected chi connectivity index (χ4v) is 4.33. The van der Waals surface area contributed by atoms with E-state index in [9.17, 15) is 18.7 Å². The average Bonchev–Trinajstić information content (AvgIpc) is 3.05. The van der Waals surface area contributed by atoms with E-state index in [1.165, 1.54) is 11.3 Å². The number of aliphatic hydroxyl groups is 1. The third kappa shape index (κ3) is 2.79. The maximum absolute atomic E-state index is 13.3. The molecule has 0 amide bonds. The van der Waals surface area contributed by atoms with Crippen LogP contribution < -0.4 is 4.90 Å². The van der Waals surface area contributed by atoms with Gasteiger partial charge in [0.05, 0.1) is 24.1 Å². The number of hydrogen-bond donors (Lipinski definition) is 2. The van der Waals surface area contributed by atoms with Crippen LogP contribution in [0.5, 0.6) is 0 Å². The highest BCUT2D eigenvalue weighted by molar-refractivity contribution is 7.13. The van der Waals surface area contributed by atoms with Crippen LogP contribution in [-0.4, -0.2) is 40.2 Å². The number of fused-ring (bicyclic) bond motifs is 1. The summed E-state index contributed by atoms with van der Waals surface area (Å²) in [6, 6.07) is 6.91. The number of aliphatic hydroxyl groups excluding tert-OH is 1. The third-order valence-electron chi connectivity index (χ3n) is 4.96. The van der Waals surface area contributed by atoms with Gasteiger partial charge in [-0.3, -0.25) is 0 Å². The van der Waals surface area contributed by atoms with Crippen LogP contribution >= 0.6 is 11.3 Å². The first-order valence-electron chi connectivity index (χ1n) is 7.94. The molecule has 2 fully saturated rings. The van der Waals surface area contributed by atoms with E-state index in [-0.39, 0.29) is 11.5 Å². The predicted octanol–water partition coefficient (Wildman–Crippen LogP) is 2.63. The molecule has 2 aliphatic rings. The lowest BCUT2D eigenvalue weighted by molar-refractivity contribution is 0.0701. The van der Waals surface area contributed by atoms with E-state index >= 15 is 0 Å². The molecule has 2 atom stereocenters. The summed E-state index contributed by atoms with van der Waals surface area (Å²) in [5.41, 5.74) is 1.30. The standard InChI is InChI=1S/C17H16F2N2O3S/c18-17(19)11-6-21(7-12(11)17)15-4-1-9(13(8-22)20-15)5-10-2-3-14(25-10)16(23)24/h1-4,11-12,22H,5-8H2,(H,23,24). The summed E-state index contributed by atoms with van der Waals surface area (Å²) >= 11 is 1.19. The van der Waals surface area contributed by atoms with Crippen LogP contribution in [0, 0.1) is 11.8 Å². The molecule has 3 heterocycles. The molecule has 2 unspecified atom stereocenters. The summed E-state index contributed by atoms with van der Waals surface area (Å²) in [6.45, 7) is 0.334. The van der Waals surface area contributed by atoms with Crippen molar-refractivity contribution >= 4 is 23.1 Å². The number of halogens is 2. The first-order chi connectivity index (χ1) is 11.9. The number of carboxylic acids is 1. The smallest absolute Gasteiger partial charge is 0.345 e. The van der Waals surface area contributed by atoms with Gasteiger partial charge >= 0.3 is 5.97 Å². The number of anilines is 1. The number of nitrogens with zero attached hydrogens (tertiary/aromatic N) is 2. The van der Waals surface area contributed by atoms with Gasteiger partial charge in [0, 0.05) is 24.4 Å². The Labute approximate surface area is 146 Å². The van der Waals surface area contributed by atoms with E-state index in [1.807, 2.05) is 11.0 Å². The Kier molecular flexibility index (Phi) is 3.77. The van der Waals surface area contributed by atoms with Gasteiger partial charge in [0.25, 0.3) is 5.92 Å². The zero-order valence-corrected chi connectivity index (χ0v) is 14.0. The molecule has 2 N–H and O–H groups in total. The van der Waals surface area contributed by atoms with Crippen molar-refractivity contribution in [1.82, 2.24) is 4.98 Å². The number of hydrogen-bond acceptors (Lipinski definition) is 5. The molecule has 2 aromatic heterocycles. The zero-order valence-electron chi connectivity index (χ0n) is 13.2. The molecule has 1 saturated carbocycles. The Morgan fingerprint density at radius 3 is 2.60 bits per heavy atom. The lowest BCUT2D eigenvalue weighted by Crippen LogP contribution is -2.28. The molecule has 132 valence electrons. The quantitative estimate of drug-likeness (QED) is 0.851. The van der Waals surface area contributed by atoms with Crippen LogP contribution in [0.4, 0.5) is 14.6 Å². The number of rotatable bonds is 5. The van der Waals surface area contributed by atoms with Crippen molar-refractivity contribution in [2.75, 3.05) is 18.0 Å². The van der Waals surface area contributed by atoms with Gasteiger partial charge in [-0.15, -0.1) is 11.3 Å². The molecule has 0 spiro atoms. The topological polar surface area (TPSA) is 73.7 Å². The van der Waals surface area contributed by atoms with E-state index in [0.717, 1.165) is 10.4 Å². The van der Waals surface area contributed by atoms with Crippen LogP contribution in [0.1, 0.15) is 25.8 Å². The van der Waals surface area contributed by atoms with Crippen LogP contribution in [0.25, 0.3) is 0 Å². The molecule has 0 bridgehead atoms. The van der Waals surface area contributed by atoms with E-state index in [0.29, 0.717) is 31.0 Å². The third-order valence-corrected chi connectivity index (χ3v) is 6.04. The second kappa shape index (κ2) is 5.74. The van der Waals surface area contributed by atoms with Gasteiger partial charge in [-0.2, -0.15) is 0 Å². The summed E-state index contributed by atoms with van der Waals surface area (Å²) in [4.78, 5) is 18.4. The second-order valence-corrected chi connectivity index (χ2v) is 7.64. The van der Waals surface area contributed by atoms with Crippen molar-refractivity contribution in [2.45, 2.75) is 19.0 Å². The normalized spacial score (nSPS) is 23.6. The Balaban J connectivity index is 1.51. The number of aromatic nitrogens is 1. The molecular weight excluding hydrogens is 350 g/mol. The Morgan fingerprint density at radius 2 is 2.00 bits per heavy atom. The monoisotopic (exact) mass is 366 g/mol. The molecule has 2 aromatic rings. The van der Waals surface area contributed by atoms with Crippen LogP contribution in [0.2, 0.25) is 0 Å². The average molecular weight is 366 g/mol. The molecule has 8 heteroatoms. The van der Waals surface area contributed by atoms with E-state index in [1.54, 1.807) is 18.2 Å². The maximum atomic E-state index is 13.3. The van der Waals surface area contributed by atoms with Crippen LogP contribution in [-0.2, 0) is 13.0 Å². The van der Waals surface area contributed by atoms with Gasteiger partial charge in [-0.05, 0) is 23.8 Å². The number of thiophene rings is 1. The Bertz CT molecular complexity index is 825. The predicted molar refractivity (Wildman–Crippen MR) is 88.4 cm³/mol. The molecule has 1 saturated heterocycles. The van der Waals surface area contributed by atoms with Crippen molar-refractivity contribution in [1.29, 1.82) is 0 Å². The van der Waals surface area contributed by atoms with Crippen molar-refractivity contribution in [3.8, 4) is 0 Å². The first kappa shape index (κ1) is 16.4. The van der Waals surface area contributed by atoms with Gasteiger partial charge in [-0.25, -0.2) is 18.6 Å². The molecule has 4 rings (SSSR count). The maximum Gasteiger partial charge on any atom is 0.345 e. The van der Waals surface area contributed by atoms with E-state index in [2.05, 4.69) is 4.98 Å². The van der Waals surface area contributed by atoms with Crippen molar-refractivity contribution < 1.29 is 23.8 Å².